The second kappa shape index (κ2) is 7.82. The Morgan fingerprint density at radius 1 is 1.00 bits per heavy atom. The predicted octanol–water partition coefficient (Wildman–Crippen LogP) is 3.54. The molecular weight excluding hydrogens is 320 g/mol. The van der Waals surface area contributed by atoms with Gasteiger partial charge in [0.25, 0.3) is 0 Å². The van der Waals surface area contributed by atoms with E-state index in [4.69, 9.17) is 11.6 Å². The minimum atomic E-state index is 0.228. The highest BCUT2D eigenvalue weighted by atomic mass is 35.5. The summed E-state index contributed by atoms with van der Waals surface area (Å²) in [4.78, 5) is 16.8. The molecule has 1 aliphatic rings. The highest BCUT2D eigenvalue weighted by molar-refractivity contribution is 6.30. The lowest BCUT2D eigenvalue weighted by Crippen LogP contribution is -2.48. The van der Waals surface area contributed by atoms with Crippen molar-refractivity contribution in [2.45, 2.75) is 19.9 Å². The molecule has 3 rings (SSSR count). The van der Waals surface area contributed by atoms with Crippen LogP contribution in [0.4, 0.5) is 0 Å². The molecule has 1 amide bonds. The molecule has 4 heteroatoms. The normalized spacial score (nSPS) is 15.5. The van der Waals surface area contributed by atoms with Crippen molar-refractivity contribution >= 4 is 17.5 Å². The third kappa shape index (κ3) is 4.59. The minimum Gasteiger partial charge on any atom is -0.340 e. The van der Waals surface area contributed by atoms with Gasteiger partial charge in [-0.05, 0) is 30.2 Å². The van der Waals surface area contributed by atoms with Gasteiger partial charge in [0.2, 0.25) is 5.91 Å². The Labute approximate surface area is 148 Å². The van der Waals surface area contributed by atoms with Crippen molar-refractivity contribution in [1.29, 1.82) is 0 Å². The maximum atomic E-state index is 12.5. The summed E-state index contributed by atoms with van der Waals surface area (Å²) in [5, 5.41) is 0.769. The molecule has 0 spiro atoms. The number of piperazine rings is 1. The van der Waals surface area contributed by atoms with Crippen LogP contribution in [-0.2, 0) is 17.8 Å². The lowest BCUT2D eigenvalue weighted by molar-refractivity contribution is -0.132. The minimum absolute atomic E-state index is 0.228. The molecule has 2 aromatic carbocycles. The maximum Gasteiger partial charge on any atom is 0.227 e. The van der Waals surface area contributed by atoms with Gasteiger partial charge in [0.05, 0.1) is 6.42 Å². The number of nitrogens with zero attached hydrogens (tertiary/aromatic N) is 2. The predicted molar refractivity (Wildman–Crippen MR) is 98.2 cm³/mol. The number of benzene rings is 2. The van der Waals surface area contributed by atoms with Gasteiger partial charge in [0.15, 0.2) is 0 Å². The van der Waals surface area contributed by atoms with Crippen LogP contribution >= 0.6 is 11.6 Å². The van der Waals surface area contributed by atoms with E-state index < -0.39 is 0 Å². The van der Waals surface area contributed by atoms with Crippen LogP contribution in [0.2, 0.25) is 5.02 Å². The Hall–Kier alpha value is -1.84. The molecule has 0 aliphatic carbocycles. The molecule has 0 bridgehead atoms. The molecule has 0 unspecified atom stereocenters. The molecule has 0 saturated carbocycles. The third-order valence-electron chi connectivity index (χ3n) is 4.48. The lowest BCUT2D eigenvalue weighted by atomic mass is 10.1. The van der Waals surface area contributed by atoms with Gasteiger partial charge in [0.1, 0.15) is 0 Å². The molecule has 1 heterocycles. The van der Waals surface area contributed by atoms with Gasteiger partial charge in [-0.15, -0.1) is 0 Å². The quantitative estimate of drug-likeness (QED) is 0.848. The van der Waals surface area contributed by atoms with Crippen LogP contribution in [0.5, 0.6) is 0 Å². The fraction of sp³-hybridized carbons (Fsp3) is 0.350. The van der Waals surface area contributed by atoms with Gasteiger partial charge >= 0.3 is 0 Å². The van der Waals surface area contributed by atoms with Crippen molar-refractivity contribution in [3.63, 3.8) is 0 Å². The van der Waals surface area contributed by atoms with E-state index in [1.807, 2.05) is 29.2 Å². The van der Waals surface area contributed by atoms with E-state index in [1.165, 1.54) is 11.1 Å². The molecule has 0 atom stereocenters. The Morgan fingerprint density at radius 2 is 1.71 bits per heavy atom. The van der Waals surface area contributed by atoms with E-state index in [0.29, 0.717) is 6.42 Å². The average molecular weight is 343 g/mol. The number of carbonyl (C=O) groups excluding carboxylic acids is 1. The van der Waals surface area contributed by atoms with Gasteiger partial charge in [-0.3, -0.25) is 9.69 Å². The topological polar surface area (TPSA) is 23.6 Å². The standard InChI is InChI=1S/C20H23ClN2O/c1-16-3-2-4-18(13-16)14-20(24)23-11-9-22(10-12-23)15-17-5-7-19(21)8-6-17/h2-8,13H,9-12,14-15H2,1H3. The van der Waals surface area contributed by atoms with E-state index in [0.717, 1.165) is 43.3 Å². The summed E-state index contributed by atoms with van der Waals surface area (Å²) >= 11 is 5.93. The Morgan fingerprint density at radius 3 is 2.38 bits per heavy atom. The fourth-order valence-electron chi connectivity index (χ4n) is 3.11. The number of carbonyl (C=O) groups is 1. The summed E-state index contributed by atoms with van der Waals surface area (Å²) in [5.41, 5.74) is 3.57. The molecule has 1 fully saturated rings. The SMILES string of the molecule is Cc1cccc(CC(=O)N2CCN(Cc3ccc(Cl)cc3)CC2)c1. The first-order chi connectivity index (χ1) is 11.6. The first kappa shape index (κ1) is 17.0. The summed E-state index contributed by atoms with van der Waals surface area (Å²) in [6.45, 7) is 6.42. The van der Waals surface area contributed by atoms with Crippen molar-refractivity contribution in [2.24, 2.45) is 0 Å². The summed E-state index contributed by atoms with van der Waals surface area (Å²) in [6.07, 6.45) is 0.499. The zero-order valence-electron chi connectivity index (χ0n) is 14.0. The molecule has 2 aromatic rings. The average Bonchev–Trinajstić information content (AvgIpc) is 2.57. The van der Waals surface area contributed by atoms with E-state index in [2.05, 4.69) is 36.1 Å². The Bertz CT molecular complexity index is 691. The zero-order chi connectivity index (χ0) is 16.9. The first-order valence-corrected chi connectivity index (χ1v) is 8.78. The molecule has 126 valence electrons. The monoisotopic (exact) mass is 342 g/mol. The number of hydrogen-bond donors (Lipinski definition) is 0. The number of halogens is 1. The van der Waals surface area contributed by atoms with Gasteiger partial charge in [0, 0.05) is 37.7 Å². The second-order valence-electron chi connectivity index (χ2n) is 6.45. The van der Waals surface area contributed by atoms with Crippen LogP contribution in [0.25, 0.3) is 0 Å². The summed E-state index contributed by atoms with van der Waals surface area (Å²) < 4.78 is 0. The van der Waals surface area contributed by atoms with Crippen molar-refractivity contribution in [2.75, 3.05) is 26.2 Å². The molecule has 0 aromatic heterocycles. The first-order valence-electron chi connectivity index (χ1n) is 8.40. The van der Waals surface area contributed by atoms with E-state index >= 15 is 0 Å². The summed E-state index contributed by atoms with van der Waals surface area (Å²) in [6, 6.07) is 16.2. The van der Waals surface area contributed by atoms with Crippen molar-refractivity contribution < 1.29 is 4.79 Å². The summed E-state index contributed by atoms with van der Waals surface area (Å²) in [5.74, 6) is 0.228. The smallest absolute Gasteiger partial charge is 0.227 e. The largest absolute Gasteiger partial charge is 0.340 e. The van der Waals surface area contributed by atoms with Crippen LogP contribution in [0, 0.1) is 6.92 Å². The van der Waals surface area contributed by atoms with Crippen molar-refractivity contribution in [3.8, 4) is 0 Å². The fourth-order valence-corrected chi connectivity index (χ4v) is 3.24. The van der Waals surface area contributed by atoms with Crippen LogP contribution in [-0.4, -0.2) is 41.9 Å². The molecule has 1 saturated heterocycles. The highest BCUT2D eigenvalue weighted by Crippen LogP contribution is 2.14. The Kier molecular flexibility index (Phi) is 5.54. The lowest BCUT2D eigenvalue weighted by Gasteiger charge is -2.35. The maximum absolute atomic E-state index is 12.5. The molecule has 3 nitrogen and oxygen atoms in total. The number of hydrogen-bond acceptors (Lipinski definition) is 2. The molecule has 1 aliphatic heterocycles. The van der Waals surface area contributed by atoms with Crippen LogP contribution in [0.15, 0.2) is 48.5 Å². The molecular formula is C20H23ClN2O. The number of aryl methyl sites for hydroxylation is 1. The molecule has 24 heavy (non-hydrogen) atoms. The van der Waals surface area contributed by atoms with Gasteiger partial charge in [-0.25, -0.2) is 0 Å². The number of rotatable bonds is 4. The van der Waals surface area contributed by atoms with Crippen molar-refractivity contribution in [3.05, 3.63) is 70.2 Å². The summed E-state index contributed by atoms with van der Waals surface area (Å²) in [7, 11) is 0. The van der Waals surface area contributed by atoms with Gasteiger partial charge in [-0.1, -0.05) is 53.6 Å². The number of amides is 1. The molecule has 0 radical (unpaired) electrons. The van der Waals surface area contributed by atoms with Gasteiger partial charge in [-0.2, -0.15) is 0 Å². The van der Waals surface area contributed by atoms with Crippen LogP contribution in [0.1, 0.15) is 16.7 Å². The van der Waals surface area contributed by atoms with Crippen LogP contribution in [0.3, 0.4) is 0 Å². The molecule has 0 N–H and O–H groups in total. The van der Waals surface area contributed by atoms with Crippen LogP contribution < -0.4 is 0 Å². The Balaban J connectivity index is 1.49. The highest BCUT2D eigenvalue weighted by Gasteiger charge is 2.21. The van der Waals surface area contributed by atoms with E-state index in [-0.39, 0.29) is 5.91 Å². The van der Waals surface area contributed by atoms with Crippen molar-refractivity contribution in [1.82, 2.24) is 9.80 Å². The van der Waals surface area contributed by atoms with E-state index in [1.54, 1.807) is 0 Å². The zero-order valence-corrected chi connectivity index (χ0v) is 14.8. The van der Waals surface area contributed by atoms with E-state index in [9.17, 15) is 4.79 Å². The second-order valence-corrected chi connectivity index (χ2v) is 6.89. The third-order valence-corrected chi connectivity index (χ3v) is 4.73. The van der Waals surface area contributed by atoms with Gasteiger partial charge < -0.3 is 4.90 Å².